The number of carbonyl (C=O) groups excluding carboxylic acids is 1. The van der Waals surface area contributed by atoms with Crippen molar-refractivity contribution in [2.45, 2.75) is 12.8 Å². The highest BCUT2D eigenvalue weighted by Crippen LogP contribution is 2.15. The molecule has 1 aromatic carbocycles. The zero-order chi connectivity index (χ0) is 12.5. The Labute approximate surface area is 106 Å². The number of halogens is 1. The molecule has 1 amide bonds. The quantitative estimate of drug-likeness (QED) is 0.730. The van der Waals surface area contributed by atoms with Crippen molar-refractivity contribution in [1.82, 2.24) is 5.32 Å². The van der Waals surface area contributed by atoms with Crippen molar-refractivity contribution in [3.8, 4) is 5.75 Å². The Bertz CT molecular complexity index is 340. The number of nitrogens with one attached hydrogen (secondary N) is 1. The molecule has 0 radical (unpaired) electrons. The Hall–Kier alpha value is -1.26. The molecule has 17 heavy (non-hydrogen) atoms. The van der Waals surface area contributed by atoms with Crippen LogP contribution in [-0.4, -0.2) is 30.8 Å². The maximum Gasteiger partial charge on any atom is 0.257 e. The van der Waals surface area contributed by atoms with Crippen LogP contribution in [0, 0.1) is 0 Å². The van der Waals surface area contributed by atoms with Crippen molar-refractivity contribution in [3.63, 3.8) is 0 Å². The highest BCUT2D eigenvalue weighted by atomic mass is 35.5. The van der Waals surface area contributed by atoms with Crippen LogP contribution in [-0.2, 0) is 4.79 Å². The van der Waals surface area contributed by atoms with Crippen molar-refractivity contribution in [2.75, 3.05) is 19.8 Å². The number of carbonyl (C=O) groups is 1. The second-order valence-electron chi connectivity index (χ2n) is 3.52. The molecule has 0 saturated heterocycles. The molecule has 4 nitrogen and oxygen atoms in total. The summed E-state index contributed by atoms with van der Waals surface area (Å²) < 4.78 is 5.26. The number of hydrogen-bond donors (Lipinski definition) is 2. The molecule has 0 aromatic heterocycles. The summed E-state index contributed by atoms with van der Waals surface area (Å²) in [5, 5.41) is 11.9. The van der Waals surface area contributed by atoms with E-state index in [-0.39, 0.29) is 19.1 Å². The molecule has 2 N–H and O–H groups in total. The predicted octanol–water partition coefficient (Wildman–Crippen LogP) is 1.61. The number of rotatable bonds is 7. The first-order valence-electron chi connectivity index (χ1n) is 5.48. The Balaban J connectivity index is 2.17. The van der Waals surface area contributed by atoms with Crippen molar-refractivity contribution >= 4 is 17.5 Å². The van der Waals surface area contributed by atoms with Crippen LogP contribution < -0.4 is 10.1 Å². The van der Waals surface area contributed by atoms with Crippen molar-refractivity contribution in [3.05, 3.63) is 29.3 Å². The molecule has 0 aliphatic carbocycles. The summed E-state index contributed by atoms with van der Waals surface area (Å²) in [7, 11) is 0. The fourth-order valence-corrected chi connectivity index (χ4v) is 1.32. The van der Waals surface area contributed by atoms with Crippen LogP contribution in [0.15, 0.2) is 24.3 Å². The Morgan fingerprint density at radius 2 is 2.00 bits per heavy atom. The van der Waals surface area contributed by atoms with Gasteiger partial charge in [0.05, 0.1) is 0 Å². The summed E-state index contributed by atoms with van der Waals surface area (Å²) in [5.74, 6) is 0.442. The number of hydrogen-bond acceptors (Lipinski definition) is 3. The molecule has 1 aromatic rings. The molecular formula is C12H16ClNO3. The smallest absolute Gasteiger partial charge is 0.257 e. The molecule has 0 aliphatic heterocycles. The fourth-order valence-electron chi connectivity index (χ4n) is 1.20. The van der Waals surface area contributed by atoms with Gasteiger partial charge in [-0.3, -0.25) is 4.79 Å². The lowest BCUT2D eigenvalue weighted by Crippen LogP contribution is -2.29. The molecular weight excluding hydrogens is 242 g/mol. The number of amides is 1. The van der Waals surface area contributed by atoms with E-state index in [2.05, 4.69) is 5.32 Å². The van der Waals surface area contributed by atoms with Gasteiger partial charge in [-0.15, -0.1) is 0 Å². The van der Waals surface area contributed by atoms with E-state index in [1.54, 1.807) is 24.3 Å². The van der Waals surface area contributed by atoms with Crippen LogP contribution in [0.1, 0.15) is 12.8 Å². The van der Waals surface area contributed by atoms with E-state index >= 15 is 0 Å². The first-order chi connectivity index (χ1) is 8.22. The minimum absolute atomic E-state index is 0.0131. The largest absolute Gasteiger partial charge is 0.484 e. The van der Waals surface area contributed by atoms with E-state index < -0.39 is 0 Å². The standard InChI is InChI=1S/C12H16ClNO3/c13-10-3-5-11(6-4-10)17-9-12(16)14-7-1-2-8-15/h3-6,15H,1-2,7-9H2,(H,14,16). The molecule has 0 fully saturated rings. The third-order valence-electron chi connectivity index (χ3n) is 2.09. The lowest BCUT2D eigenvalue weighted by Gasteiger charge is -2.07. The van der Waals surface area contributed by atoms with E-state index in [4.69, 9.17) is 21.4 Å². The zero-order valence-electron chi connectivity index (χ0n) is 9.49. The van der Waals surface area contributed by atoms with Crippen molar-refractivity contribution in [2.24, 2.45) is 0 Å². The molecule has 0 atom stereocenters. The van der Waals surface area contributed by atoms with Crippen molar-refractivity contribution < 1.29 is 14.6 Å². The molecule has 0 unspecified atom stereocenters. The van der Waals surface area contributed by atoms with Gasteiger partial charge >= 0.3 is 0 Å². The topological polar surface area (TPSA) is 58.6 Å². The van der Waals surface area contributed by atoms with Gasteiger partial charge in [-0.2, -0.15) is 0 Å². The van der Waals surface area contributed by atoms with Crippen LogP contribution >= 0.6 is 11.6 Å². The number of aliphatic hydroxyl groups excluding tert-OH is 1. The Kier molecular flexibility index (Phi) is 6.43. The average molecular weight is 258 g/mol. The molecule has 0 spiro atoms. The monoisotopic (exact) mass is 257 g/mol. The van der Waals surface area contributed by atoms with E-state index in [1.165, 1.54) is 0 Å². The van der Waals surface area contributed by atoms with Gasteiger partial charge in [0, 0.05) is 18.2 Å². The maximum atomic E-state index is 11.3. The van der Waals surface area contributed by atoms with Gasteiger partial charge in [0.2, 0.25) is 0 Å². The lowest BCUT2D eigenvalue weighted by atomic mass is 10.3. The van der Waals surface area contributed by atoms with Crippen LogP contribution in [0.25, 0.3) is 0 Å². The van der Waals surface area contributed by atoms with Gasteiger partial charge in [-0.25, -0.2) is 0 Å². The summed E-state index contributed by atoms with van der Waals surface area (Å²) in [4.78, 5) is 11.3. The van der Waals surface area contributed by atoms with Gasteiger partial charge in [0.15, 0.2) is 6.61 Å². The maximum absolute atomic E-state index is 11.3. The summed E-state index contributed by atoms with van der Waals surface area (Å²) in [5.41, 5.74) is 0. The minimum Gasteiger partial charge on any atom is -0.484 e. The van der Waals surface area contributed by atoms with E-state index in [0.717, 1.165) is 6.42 Å². The van der Waals surface area contributed by atoms with Gasteiger partial charge in [-0.05, 0) is 37.1 Å². The fraction of sp³-hybridized carbons (Fsp3) is 0.417. The minimum atomic E-state index is -0.169. The van der Waals surface area contributed by atoms with Gasteiger partial charge in [0.25, 0.3) is 5.91 Å². The highest BCUT2D eigenvalue weighted by Gasteiger charge is 2.01. The Morgan fingerprint density at radius 1 is 1.29 bits per heavy atom. The van der Waals surface area contributed by atoms with Crippen LogP contribution in [0.3, 0.4) is 0 Å². The second kappa shape index (κ2) is 7.92. The predicted molar refractivity (Wildman–Crippen MR) is 66.3 cm³/mol. The number of aliphatic hydroxyl groups is 1. The highest BCUT2D eigenvalue weighted by molar-refractivity contribution is 6.30. The first kappa shape index (κ1) is 13.8. The molecule has 0 bridgehead atoms. The van der Waals surface area contributed by atoms with E-state index in [1.807, 2.05) is 0 Å². The molecule has 94 valence electrons. The third-order valence-corrected chi connectivity index (χ3v) is 2.34. The zero-order valence-corrected chi connectivity index (χ0v) is 10.2. The van der Waals surface area contributed by atoms with Crippen LogP contribution in [0.2, 0.25) is 5.02 Å². The summed E-state index contributed by atoms with van der Waals surface area (Å²) >= 11 is 5.72. The Morgan fingerprint density at radius 3 is 2.65 bits per heavy atom. The van der Waals surface area contributed by atoms with E-state index in [9.17, 15) is 4.79 Å². The molecule has 0 aliphatic rings. The molecule has 5 heteroatoms. The van der Waals surface area contributed by atoms with Crippen LogP contribution in [0.4, 0.5) is 0 Å². The average Bonchev–Trinajstić information content (AvgIpc) is 2.34. The van der Waals surface area contributed by atoms with E-state index in [0.29, 0.717) is 23.7 Å². The van der Waals surface area contributed by atoms with Gasteiger partial charge in [0.1, 0.15) is 5.75 Å². The van der Waals surface area contributed by atoms with Gasteiger partial charge in [-0.1, -0.05) is 11.6 Å². The summed E-state index contributed by atoms with van der Waals surface area (Å²) in [6, 6.07) is 6.83. The van der Waals surface area contributed by atoms with Gasteiger partial charge < -0.3 is 15.2 Å². The first-order valence-corrected chi connectivity index (χ1v) is 5.86. The normalized spacial score (nSPS) is 10.0. The number of ether oxygens (including phenoxy) is 1. The molecule has 1 rings (SSSR count). The number of unbranched alkanes of at least 4 members (excludes halogenated alkanes) is 1. The molecule has 0 heterocycles. The molecule has 0 saturated carbocycles. The lowest BCUT2D eigenvalue weighted by molar-refractivity contribution is -0.123. The third kappa shape index (κ3) is 6.14. The number of benzene rings is 1. The van der Waals surface area contributed by atoms with Crippen molar-refractivity contribution in [1.29, 1.82) is 0 Å². The second-order valence-corrected chi connectivity index (χ2v) is 3.96. The summed E-state index contributed by atoms with van der Waals surface area (Å²) in [6.45, 7) is 0.696. The summed E-state index contributed by atoms with van der Waals surface area (Å²) in [6.07, 6.45) is 1.46. The SMILES string of the molecule is O=C(COc1ccc(Cl)cc1)NCCCCO. The van der Waals surface area contributed by atoms with Crippen LogP contribution in [0.5, 0.6) is 5.75 Å².